The summed E-state index contributed by atoms with van der Waals surface area (Å²) in [4.78, 5) is 40.8. The lowest BCUT2D eigenvalue weighted by atomic mass is 10.1. The minimum atomic E-state index is -4.52. The minimum absolute atomic E-state index is 0.0143. The van der Waals surface area contributed by atoms with Crippen LogP contribution in [-0.4, -0.2) is 74.2 Å². The van der Waals surface area contributed by atoms with Crippen LogP contribution in [0.5, 0.6) is 0 Å². The van der Waals surface area contributed by atoms with Crippen molar-refractivity contribution in [1.29, 1.82) is 0 Å². The van der Waals surface area contributed by atoms with Crippen LogP contribution in [0.4, 0.5) is 24.5 Å². The first-order valence-corrected chi connectivity index (χ1v) is 12.9. The molecule has 1 aliphatic heterocycles. The maximum atomic E-state index is 13.4. The van der Waals surface area contributed by atoms with Crippen LogP contribution in [-0.2, 0) is 14.3 Å². The first kappa shape index (κ1) is 27.4. The van der Waals surface area contributed by atoms with Crippen LogP contribution in [0.25, 0.3) is 0 Å². The third kappa shape index (κ3) is 7.91. The van der Waals surface area contributed by atoms with E-state index in [1.807, 2.05) is 0 Å². The van der Waals surface area contributed by atoms with Gasteiger partial charge in [0.25, 0.3) is 11.8 Å². The van der Waals surface area contributed by atoms with Crippen LogP contribution in [0, 0.1) is 5.92 Å². The molecule has 37 heavy (non-hydrogen) atoms. The number of anilines is 2. The van der Waals surface area contributed by atoms with Crippen LogP contribution in [0.2, 0.25) is 4.34 Å². The number of thiophene rings is 1. The predicted molar refractivity (Wildman–Crippen MR) is 134 cm³/mol. The maximum absolute atomic E-state index is 13.4. The van der Waals surface area contributed by atoms with E-state index in [1.165, 1.54) is 6.07 Å². The van der Waals surface area contributed by atoms with Gasteiger partial charge in [-0.2, -0.15) is 13.2 Å². The Labute approximate surface area is 220 Å². The average Bonchev–Trinajstić information content (AvgIpc) is 3.55. The lowest BCUT2D eigenvalue weighted by molar-refractivity contribution is -0.154. The highest BCUT2D eigenvalue weighted by molar-refractivity contribution is 7.18. The quantitative estimate of drug-likeness (QED) is 0.463. The van der Waals surface area contributed by atoms with Crippen LogP contribution in [0.1, 0.15) is 22.5 Å². The van der Waals surface area contributed by atoms with E-state index in [0.29, 0.717) is 33.7 Å². The molecule has 8 nitrogen and oxygen atoms in total. The Bertz CT molecular complexity index is 1120. The molecule has 2 aromatic rings. The monoisotopic (exact) mass is 558 g/mol. The standard InChI is InChI=1S/C24H26ClF3N4O4S/c25-20-8-7-19(37-20)23(35)29-11-18(31(12-15-1-2-15)14-24(26,27)28)22(34)30-16-3-5-17(6-4-16)32-9-10-36-13-21(32)33/h3-8,15,18H,1-2,9-14H2,(H,29,35)(H,30,34)/t18-/m0/s1. The van der Waals surface area contributed by atoms with E-state index in [2.05, 4.69) is 10.6 Å². The summed E-state index contributed by atoms with van der Waals surface area (Å²) < 4.78 is 45.8. The SMILES string of the molecule is O=C(NC[C@@H](C(=O)Nc1ccc(N2CCOCC2=O)cc1)N(CC1CC1)CC(F)(F)F)c1ccc(Cl)s1. The second kappa shape index (κ2) is 11.8. The molecule has 1 atom stereocenters. The van der Waals surface area contributed by atoms with Crippen LogP contribution in [0.15, 0.2) is 36.4 Å². The summed E-state index contributed by atoms with van der Waals surface area (Å²) in [5.74, 6) is -1.30. The molecular formula is C24H26ClF3N4O4S. The lowest BCUT2D eigenvalue weighted by Gasteiger charge is -2.31. The zero-order valence-electron chi connectivity index (χ0n) is 19.7. The van der Waals surface area contributed by atoms with Crippen molar-refractivity contribution in [3.05, 3.63) is 45.6 Å². The number of carbonyl (C=O) groups excluding carboxylic acids is 3. The largest absolute Gasteiger partial charge is 0.401 e. The molecule has 0 unspecified atom stereocenters. The molecule has 2 fully saturated rings. The van der Waals surface area contributed by atoms with Crippen molar-refractivity contribution in [2.75, 3.05) is 49.6 Å². The fourth-order valence-corrected chi connectivity index (χ4v) is 4.97. The highest BCUT2D eigenvalue weighted by Gasteiger charge is 2.39. The smallest absolute Gasteiger partial charge is 0.370 e. The second-order valence-electron chi connectivity index (χ2n) is 8.95. The molecule has 1 saturated carbocycles. The van der Waals surface area contributed by atoms with Gasteiger partial charge in [-0.25, -0.2) is 0 Å². The third-order valence-electron chi connectivity index (χ3n) is 6.00. The molecule has 4 rings (SSSR count). The summed E-state index contributed by atoms with van der Waals surface area (Å²) in [5.41, 5.74) is 0.978. The van der Waals surface area contributed by atoms with Gasteiger partial charge in [0.2, 0.25) is 5.91 Å². The van der Waals surface area contributed by atoms with Gasteiger partial charge < -0.3 is 20.3 Å². The molecule has 0 spiro atoms. The van der Waals surface area contributed by atoms with Gasteiger partial charge in [0.15, 0.2) is 0 Å². The Morgan fingerprint density at radius 3 is 2.51 bits per heavy atom. The molecule has 200 valence electrons. The molecule has 3 amide bonds. The zero-order chi connectivity index (χ0) is 26.6. The number of nitrogens with zero attached hydrogens (tertiary/aromatic N) is 2. The van der Waals surface area contributed by atoms with Crippen molar-refractivity contribution < 1.29 is 32.3 Å². The third-order valence-corrected chi connectivity index (χ3v) is 7.23. The number of nitrogens with one attached hydrogen (secondary N) is 2. The van der Waals surface area contributed by atoms with Crippen LogP contribution < -0.4 is 15.5 Å². The lowest BCUT2D eigenvalue weighted by Crippen LogP contribution is -2.54. The van der Waals surface area contributed by atoms with Crippen molar-refractivity contribution in [1.82, 2.24) is 10.2 Å². The molecule has 0 radical (unpaired) electrons. The van der Waals surface area contributed by atoms with E-state index in [1.54, 1.807) is 35.2 Å². The predicted octanol–water partition coefficient (Wildman–Crippen LogP) is 3.78. The fourth-order valence-electron chi connectivity index (χ4n) is 4.01. The van der Waals surface area contributed by atoms with Gasteiger partial charge in [-0.1, -0.05) is 11.6 Å². The summed E-state index contributed by atoms with van der Waals surface area (Å²) in [6.45, 7) is -0.708. The Hall–Kier alpha value is -2.67. The van der Waals surface area contributed by atoms with E-state index >= 15 is 0 Å². The average molecular weight is 559 g/mol. The molecule has 1 aromatic carbocycles. The first-order valence-electron chi connectivity index (χ1n) is 11.7. The van der Waals surface area contributed by atoms with Gasteiger partial charge in [-0.3, -0.25) is 19.3 Å². The first-order chi connectivity index (χ1) is 17.6. The Balaban J connectivity index is 1.48. The number of hydrogen-bond acceptors (Lipinski definition) is 6. The van der Waals surface area contributed by atoms with Crippen LogP contribution >= 0.6 is 22.9 Å². The number of ether oxygens (including phenoxy) is 1. The highest BCUT2D eigenvalue weighted by atomic mass is 35.5. The van der Waals surface area contributed by atoms with Gasteiger partial charge >= 0.3 is 6.18 Å². The summed E-state index contributed by atoms with van der Waals surface area (Å²) in [6, 6.07) is 8.24. The Morgan fingerprint density at radius 1 is 1.19 bits per heavy atom. The highest BCUT2D eigenvalue weighted by Crippen LogP contribution is 2.32. The van der Waals surface area contributed by atoms with Gasteiger partial charge in [0.05, 0.1) is 22.4 Å². The van der Waals surface area contributed by atoms with Crippen molar-refractivity contribution in [3.63, 3.8) is 0 Å². The number of carbonyl (C=O) groups is 3. The second-order valence-corrected chi connectivity index (χ2v) is 10.7. The Kier molecular flexibility index (Phi) is 8.73. The minimum Gasteiger partial charge on any atom is -0.370 e. The molecule has 2 heterocycles. The number of halogens is 4. The van der Waals surface area contributed by atoms with E-state index in [0.717, 1.165) is 29.1 Å². The van der Waals surface area contributed by atoms with E-state index in [4.69, 9.17) is 16.3 Å². The summed E-state index contributed by atoms with van der Waals surface area (Å²) in [5, 5.41) is 5.25. The summed E-state index contributed by atoms with van der Waals surface area (Å²) >= 11 is 6.91. The maximum Gasteiger partial charge on any atom is 0.401 e. The van der Waals surface area contributed by atoms with Gasteiger partial charge in [-0.15, -0.1) is 11.3 Å². The zero-order valence-corrected chi connectivity index (χ0v) is 21.3. The molecule has 13 heteroatoms. The van der Waals surface area contributed by atoms with Crippen molar-refractivity contribution >= 4 is 52.0 Å². The molecule has 0 bridgehead atoms. The van der Waals surface area contributed by atoms with E-state index < -0.39 is 30.6 Å². The molecule has 1 aliphatic carbocycles. The number of rotatable bonds is 10. The molecule has 2 N–H and O–H groups in total. The van der Waals surface area contributed by atoms with Crippen molar-refractivity contribution in [2.45, 2.75) is 25.1 Å². The molecule has 1 aromatic heterocycles. The van der Waals surface area contributed by atoms with Gasteiger partial charge in [0, 0.05) is 31.0 Å². The molecular weight excluding hydrogens is 533 g/mol. The normalized spacial score (nSPS) is 17.1. The topological polar surface area (TPSA) is 91.0 Å². The number of alkyl halides is 3. The van der Waals surface area contributed by atoms with E-state index in [-0.39, 0.29) is 31.5 Å². The van der Waals surface area contributed by atoms with Crippen molar-refractivity contribution in [3.8, 4) is 0 Å². The fraction of sp³-hybridized carbons (Fsp3) is 0.458. The molecule has 1 saturated heterocycles. The van der Waals surface area contributed by atoms with E-state index in [9.17, 15) is 27.6 Å². The summed E-state index contributed by atoms with van der Waals surface area (Å²) in [7, 11) is 0. The van der Waals surface area contributed by atoms with Gasteiger partial charge in [-0.05, 0) is 55.2 Å². The van der Waals surface area contributed by atoms with Crippen molar-refractivity contribution in [2.24, 2.45) is 5.92 Å². The van der Waals surface area contributed by atoms with Gasteiger partial charge in [0.1, 0.15) is 12.6 Å². The Morgan fingerprint density at radius 2 is 1.92 bits per heavy atom. The summed E-state index contributed by atoms with van der Waals surface area (Å²) in [6.07, 6.45) is -2.93. The van der Waals surface area contributed by atoms with Crippen LogP contribution in [0.3, 0.4) is 0 Å². The number of morpholine rings is 1. The number of amides is 3. The number of benzene rings is 1. The number of hydrogen-bond donors (Lipinski definition) is 2. The molecule has 2 aliphatic rings.